The maximum atomic E-state index is 12.0. The lowest BCUT2D eigenvalue weighted by Gasteiger charge is -2.01. The molecule has 4 nitrogen and oxygen atoms in total. The van der Waals surface area contributed by atoms with E-state index < -0.39 is 11.6 Å². The SMILES string of the molecule is N#Cc1ccc(C(=O)C(=O)c2ccc(C#N)cc2)cc1. The van der Waals surface area contributed by atoms with Crippen LogP contribution in [0, 0.1) is 22.7 Å². The lowest BCUT2D eigenvalue weighted by atomic mass is 10.00. The molecule has 0 aliphatic heterocycles. The summed E-state index contributed by atoms with van der Waals surface area (Å²) in [6.45, 7) is 0. The van der Waals surface area contributed by atoms with E-state index in [2.05, 4.69) is 0 Å². The number of carbonyl (C=O) groups excluding carboxylic acids is 2. The third-order valence-electron chi connectivity index (χ3n) is 2.76. The van der Waals surface area contributed by atoms with Gasteiger partial charge >= 0.3 is 0 Å². The summed E-state index contributed by atoms with van der Waals surface area (Å²) >= 11 is 0. The van der Waals surface area contributed by atoms with Crippen molar-refractivity contribution in [1.29, 1.82) is 10.5 Å². The fraction of sp³-hybridized carbons (Fsp3) is 0. The van der Waals surface area contributed by atoms with Crippen molar-refractivity contribution in [2.24, 2.45) is 0 Å². The van der Waals surface area contributed by atoms with Gasteiger partial charge in [0.2, 0.25) is 11.6 Å². The Morgan fingerprint density at radius 1 is 0.650 bits per heavy atom. The zero-order valence-corrected chi connectivity index (χ0v) is 10.3. The number of nitriles is 2. The summed E-state index contributed by atoms with van der Waals surface area (Å²) < 4.78 is 0. The molecule has 2 aromatic carbocycles. The number of benzene rings is 2. The Bertz CT molecular complexity index is 678. The van der Waals surface area contributed by atoms with Gasteiger partial charge in [-0.1, -0.05) is 0 Å². The predicted molar refractivity (Wildman–Crippen MR) is 71.0 cm³/mol. The molecule has 0 aliphatic rings. The molecule has 2 aromatic rings. The summed E-state index contributed by atoms with van der Waals surface area (Å²) in [5.74, 6) is -1.28. The lowest BCUT2D eigenvalue weighted by molar-refractivity contribution is 0.0817. The Labute approximate surface area is 115 Å². The van der Waals surface area contributed by atoms with Crippen LogP contribution in [0.5, 0.6) is 0 Å². The van der Waals surface area contributed by atoms with Crippen LogP contribution in [0.15, 0.2) is 48.5 Å². The molecule has 0 radical (unpaired) electrons. The molecule has 4 heteroatoms. The molecule has 0 aromatic heterocycles. The molecule has 0 bridgehead atoms. The van der Waals surface area contributed by atoms with Crippen LogP contribution in [0.2, 0.25) is 0 Å². The highest BCUT2D eigenvalue weighted by atomic mass is 16.2. The van der Waals surface area contributed by atoms with Gasteiger partial charge in [-0.15, -0.1) is 0 Å². The first-order chi connectivity index (χ1) is 9.65. The van der Waals surface area contributed by atoms with Gasteiger partial charge in [0, 0.05) is 11.1 Å². The van der Waals surface area contributed by atoms with E-state index in [0.717, 1.165) is 0 Å². The second kappa shape index (κ2) is 5.60. The van der Waals surface area contributed by atoms with E-state index in [0.29, 0.717) is 11.1 Å². The average Bonchev–Trinajstić information content (AvgIpc) is 2.53. The highest BCUT2D eigenvalue weighted by Crippen LogP contribution is 2.10. The van der Waals surface area contributed by atoms with Crippen LogP contribution in [-0.2, 0) is 0 Å². The molecule has 94 valence electrons. The minimum atomic E-state index is -0.640. The Balaban J connectivity index is 2.25. The largest absolute Gasteiger partial charge is 0.285 e. The number of Topliss-reactive ketones (excluding diaryl/α,β-unsaturated/α-hetero) is 2. The van der Waals surface area contributed by atoms with Gasteiger partial charge in [-0.25, -0.2) is 0 Å². The Morgan fingerprint density at radius 2 is 0.950 bits per heavy atom. The molecule has 2 rings (SSSR count). The van der Waals surface area contributed by atoms with Crippen LogP contribution >= 0.6 is 0 Å². The molecule has 0 N–H and O–H groups in total. The van der Waals surface area contributed by atoms with Gasteiger partial charge in [0.25, 0.3) is 0 Å². The predicted octanol–water partition coefficient (Wildman–Crippen LogP) is 2.50. The van der Waals surface area contributed by atoms with Gasteiger partial charge in [0.05, 0.1) is 23.3 Å². The highest BCUT2D eigenvalue weighted by molar-refractivity contribution is 6.49. The fourth-order valence-corrected chi connectivity index (χ4v) is 1.65. The molecular formula is C16H8N2O2. The highest BCUT2D eigenvalue weighted by Gasteiger charge is 2.18. The number of ketones is 2. The van der Waals surface area contributed by atoms with Crippen molar-refractivity contribution in [2.75, 3.05) is 0 Å². The summed E-state index contributed by atoms with van der Waals surface area (Å²) in [6, 6.07) is 15.6. The Hall–Kier alpha value is -3.24. The summed E-state index contributed by atoms with van der Waals surface area (Å²) in [4.78, 5) is 24.0. The molecular weight excluding hydrogens is 252 g/mol. The van der Waals surface area contributed by atoms with Crippen molar-refractivity contribution >= 4 is 11.6 Å². The van der Waals surface area contributed by atoms with Crippen molar-refractivity contribution in [2.45, 2.75) is 0 Å². The van der Waals surface area contributed by atoms with E-state index in [-0.39, 0.29) is 11.1 Å². The molecule has 0 saturated heterocycles. The number of hydrogen-bond acceptors (Lipinski definition) is 4. The van der Waals surface area contributed by atoms with Crippen LogP contribution in [0.3, 0.4) is 0 Å². The van der Waals surface area contributed by atoms with Crippen molar-refractivity contribution < 1.29 is 9.59 Å². The molecule has 0 saturated carbocycles. The van der Waals surface area contributed by atoms with Crippen molar-refractivity contribution in [3.63, 3.8) is 0 Å². The van der Waals surface area contributed by atoms with E-state index in [1.807, 2.05) is 12.1 Å². The minimum Gasteiger partial charge on any atom is -0.285 e. The average molecular weight is 260 g/mol. The maximum absolute atomic E-state index is 12.0. The third-order valence-corrected chi connectivity index (χ3v) is 2.76. The topological polar surface area (TPSA) is 81.7 Å². The number of carbonyl (C=O) groups is 2. The van der Waals surface area contributed by atoms with Crippen molar-refractivity contribution in [3.8, 4) is 12.1 Å². The molecule has 0 heterocycles. The molecule has 0 atom stereocenters. The van der Waals surface area contributed by atoms with Crippen LogP contribution in [-0.4, -0.2) is 11.6 Å². The second-order valence-corrected chi connectivity index (χ2v) is 4.04. The van der Waals surface area contributed by atoms with Crippen LogP contribution in [0.25, 0.3) is 0 Å². The zero-order chi connectivity index (χ0) is 14.5. The number of hydrogen-bond donors (Lipinski definition) is 0. The van der Waals surface area contributed by atoms with Gasteiger partial charge in [0.1, 0.15) is 0 Å². The van der Waals surface area contributed by atoms with Gasteiger partial charge in [-0.3, -0.25) is 9.59 Å². The standard InChI is InChI=1S/C16H8N2O2/c17-9-11-1-5-13(6-2-11)15(19)16(20)14-7-3-12(10-18)4-8-14/h1-8H. The van der Waals surface area contributed by atoms with E-state index in [9.17, 15) is 9.59 Å². The first kappa shape index (κ1) is 13.2. The molecule has 0 amide bonds. The number of rotatable bonds is 3. The molecule has 20 heavy (non-hydrogen) atoms. The van der Waals surface area contributed by atoms with Crippen molar-refractivity contribution in [1.82, 2.24) is 0 Å². The minimum absolute atomic E-state index is 0.235. The smallest absolute Gasteiger partial charge is 0.233 e. The molecule has 0 aliphatic carbocycles. The Morgan fingerprint density at radius 3 is 1.20 bits per heavy atom. The Kier molecular flexibility index (Phi) is 3.70. The van der Waals surface area contributed by atoms with E-state index in [4.69, 9.17) is 10.5 Å². The first-order valence-electron chi connectivity index (χ1n) is 5.75. The quantitative estimate of drug-likeness (QED) is 0.627. The lowest BCUT2D eigenvalue weighted by Crippen LogP contribution is -2.14. The molecule has 0 unspecified atom stereocenters. The van der Waals surface area contributed by atoms with Gasteiger partial charge in [-0.05, 0) is 48.5 Å². The molecule has 0 fully saturated rings. The maximum Gasteiger partial charge on any atom is 0.233 e. The van der Waals surface area contributed by atoms with Gasteiger partial charge in [-0.2, -0.15) is 10.5 Å². The fourth-order valence-electron chi connectivity index (χ4n) is 1.65. The first-order valence-corrected chi connectivity index (χ1v) is 5.75. The van der Waals surface area contributed by atoms with Crippen LogP contribution < -0.4 is 0 Å². The second-order valence-electron chi connectivity index (χ2n) is 4.04. The third kappa shape index (κ3) is 2.60. The van der Waals surface area contributed by atoms with E-state index >= 15 is 0 Å². The van der Waals surface area contributed by atoms with Crippen LogP contribution in [0.4, 0.5) is 0 Å². The normalized spacial score (nSPS) is 9.30. The summed E-state index contributed by atoms with van der Waals surface area (Å²) in [5, 5.41) is 17.4. The van der Waals surface area contributed by atoms with E-state index in [1.54, 1.807) is 0 Å². The summed E-state index contributed by atoms with van der Waals surface area (Å²) in [5.41, 5.74) is 1.32. The van der Waals surface area contributed by atoms with Crippen molar-refractivity contribution in [3.05, 3.63) is 70.8 Å². The van der Waals surface area contributed by atoms with E-state index in [1.165, 1.54) is 48.5 Å². The monoisotopic (exact) mass is 260 g/mol. The van der Waals surface area contributed by atoms with Gasteiger partial charge < -0.3 is 0 Å². The molecule has 0 spiro atoms. The summed E-state index contributed by atoms with van der Waals surface area (Å²) in [7, 11) is 0. The van der Waals surface area contributed by atoms with Gasteiger partial charge in [0.15, 0.2) is 0 Å². The summed E-state index contributed by atoms with van der Waals surface area (Å²) in [6.07, 6.45) is 0. The zero-order valence-electron chi connectivity index (χ0n) is 10.3. The number of nitrogens with zero attached hydrogens (tertiary/aromatic N) is 2. The van der Waals surface area contributed by atoms with Crippen LogP contribution in [0.1, 0.15) is 31.8 Å².